The third kappa shape index (κ3) is 3.12. The van der Waals surface area contributed by atoms with Crippen molar-refractivity contribution in [2.45, 2.75) is 44.2 Å². The van der Waals surface area contributed by atoms with Crippen molar-refractivity contribution in [3.63, 3.8) is 0 Å². The lowest BCUT2D eigenvalue weighted by Crippen LogP contribution is -2.44. The molecule has 3 aliphatic rings. The van der Waals surface area contributed by atoms with Crippen LogP contribution in [0.1, 0.15) is 30.4 Å². The van der Waals surface area contributed by atoms with Gasteiger partial charge in [-0.2, -0.15) is 0 Å². The lowest BCUT2D eigenvalue weighted by Gasteiger charge is -2.17. The van der Waals surface area contributed by atoms with Gasteiger partial charge in [-0.15, -0.1) is 0 Å². The fourth-order valence-corrected chi connectivity index (χ4v) is 3.93. The normalized spacial score (nSPS) is 25.2. The second kappa shape index (κ2) is 5.92. The molecule has 0 bridgehead atoms. The van der Waals surface area contributed by atoms with Crippen molar-refractivity contribution in [1.82, 2.24) is 15.5 Å². The number of nitrogens with zero attached hydrogens (tertiary/aromatic N) is 1. The first-order chi connectivity index (χ1) is 10.8. The fraction of sp³-hybridized carbons (Fsp3) is 0.611. The number of benzene rings is 1. The van der Waals surface area contributed by atoms with Crippen LogP contribution in [0.25, 0.3) is 0 Å². The third-order valence-electron chi connectivity index (χ3n) is 5.32. The first-order valence-electron chi connectivity index (χ1n) is 8.63. The highest BCUT2D eigenvalue weighted by molar-refractivity contribution is 5.74. The van der Waals surface area contributed by atoms with Gasteiger partial charge in [-0.1, -0.05) is 24.3 Å². The Labute approximate surface area is 132 Å². The number of fused-ring (bicyclic) bond motifs is 1. The molecular formula is C18H25N3O. The van der Waals surface area contributed by atoms with Crippen molar-refractivity contribution in [3.8, 4) is 0 Å². The third-order valence-corrected chi connectivity index (χ3v) is 5.32. The molecule has 1 aliphatic heterocycles. The topological polar surface area (TPSA) is 44.4 Å². The quantitative estimate of drug-likeness (QED) is 0.892. The zero-order valence-corrected chi connectivity index (χ0v) is 13.1. The van der Waals surface area contributed by atoms with Crippen molar-refractivity contribution in [2.75, 3.05) is 19.6 Å². The van der Waals surface area contributed by atoms with Crippen LogP contribution in [-0.2, 0) is 12.8 Å². The van der Waals surface area contributed by atoms with Crippen LogP contribution < -0.4 is 10.6 Å². The van der Waals surface area contributed by atoms with Gasteiger partial charge in [-0.3, -0.25) is 0 Å². The van der Waals surface area contributed by atoms with Crippen LogP contribution in [-0.4, -0.2) is 42.6 Å². The predicted octanol–water partition coefficient (Wildman–Crippen LogP) is 1.94. The first kappa shape index (κ1) is 14.1. The molecule has 2 N–H and O–H groups in total. The van der Waals surface area contributed by atoms with E-state index in [0.717, 1.165) is 25.4 Å². The van der Waals surface area contributed by atoms with E-state index in [1.807, 2.05) is 0 Å². The highest BCUT2D eigenvalue weighted by atomic mass is 16.2. The molecule has 1 heterocycles. The van der Waals surface area contributed by atoms with Crippen LogP contribution in [0.15, 0.2) is 24.3 Å². The number of amides is 2. The zero-order chi connectivity index (χ0) is 14.9. The van der Waals surface area contributed by atoms with E-state index in [4.69, 9.17) is 0 Å². The van der Waals surface area contributed by atoms with Crippen molar-refractivity contribution < 1.29 is 4.79 Å². The maximum Gasteiger partial charge on any atom is 0.315 e. The van der Waals surface area contributed by atoms with Crippen LogP contribution in [0.4, 0.5) is 4.79 Å². The maximum absolute atomic E-state index is 12.1. The largest absolute Gasteiger partial charge is 0.338 e. The van der Waals surface area contributed by atoms with E-state index < -0.39 is 0 Å². The molecule has 1 saturated heterocycles. The van der Waals surface area contributed by atoms with E-state index in [9.17, 15) is 4.79 Å². The molecule has 2 aliphatic carbocycles. The molecule has 0 spiro atoms. The average molecular weight is 299 g/mol. The summed E-state index contributed by atoms with van der Waals surface area (Å²) in [7, 11) is 0. The Balaban J connectivity index is 1.19. The number of nitrogens with one attached hydrogen (secondary N) is 2. The summed E-state index contributed by atoms with van der Waals surface area (Å²) in [6.07, 6.45) is 5.91. The van der Waals surface area contributed by atoms with Crippen molar-refractivity contribution in [2.24, 2.45) is 5.92 Å². The summed E-state index contributed by atoms with van der Waals surface area (Å²) >= 11 is 0. The second-order valence-corrected chi connectivity index (χ2v) is 7.11. The molecule has 4 nitrogen and oxygen atoms in total. The molecule has 0 aromatic heterocycles. The Morgan fingerprint density at radius 3 is 2.55 bits per heavy atom. The summed E-state index contributed by atoms with van der Waals surface area (Å²) in [5.41, 5.74) is 2.76. The monoisotopic (exact) mass is 299 g/mol. The molecule has 4 rings (SSSR count). The van der Waals surface area contributed by atoms with E-state index in [1.54, 1.807) is 0 Å². The van der Waals surface area contributed by atoms with Gasteiger partial charge in [0.1, 0.15) is 0 Å². The number of hydrogen-bond donors (Lipinski definition) is 2. The molecule has 1 saturated carbocycles. The van der Waals surface area contributed by atoms with Crippen LogP contribution in [0, 0.1) is 5.92 Å². The molecule has 2 fully saturated rings. The smallest absolute Gasteiger partial charge is 0.315 e. The molecule has 0 unspecified atom stereocenters. The maximum atomic E-state index is 12.1. The van der Waals surface area contributed by atoms with Gasteiger partial charge in [-0.05, 0) is 55.7 Å². The molecule has 1 aromatic rings. The molecule has 1 atom stereocenters. The first-order valence-corrected chi connectivity index (χ1v) is 8.63. The Bertz CT molecular complexity index is 530. The summed E-state index contributed by atoms with van der Waals surface area (Å²) in [4.78, 5) is 14.7. The molecule has 2 amide bonds. The van der Waals surface area contributed by atoms with Gasteiger partial charge in [0.2, 0.25) is 0 Å². The highest BCUT2D eigenvalue weighted by Crippen LogP contribution is 2.31. The number of likely N-dealkylation sites (tertiary alicyclic amines) is 1. The number of carbonyl (C=O) groups is 1. The standard InChI is InChI=1S/C18H25N3O/c22-18(19-11-13-7-8-21(12-13)17-5-6-17)20-16-9-14-3-1-2-4-15(14)10-16/h1-4,13,16-17H,5-12H2,(H2,19,20,22)/t13-/m0/s1. The Kier molecular flexibility index (Phi) is 3.78. The van der Waals surface area contributed by atoms with Gasteiger partial charge in [0.05, 0.1) is 0 Å². The minimum absolute atomic E-state index is 0.00248. The highest BCUT2D eigenvalue weighted by Gasteiger charge is 2.34. The Hall–Kier alpha value is -1.55. The van der Waals surface area contributed by atoms with Crippen molar-refractivity contribution in [3.05, 3.63) is 35.4 Å². The van der Waals surface area contributed by atoms with E-state index in [2.05, 4.69) is 39.8 Å². The van der Waals surface area contributed by atoms with Crippen LogP contribution >= 0.6 is 0 Å². The number of carbonyl (C=O) groups excluding carboxylic acids is 1. The molecule has 0 radical (unpaired) electrons. The molecule has 4 heteroatoms. The van der Waals surface area contributed by atoms with Gasteiger partial charge in [-0.25, -0.2) is 4.79 Å². The van der Waals surface area contributed by atoms with Crippen LogP contribution in [0.5, 0.6) is 0 Å². The van der Waals surface area contributed by atoms with Crippen LogP contribution in [0.2, 0.25) is 0 Å². The number of hydrogen-bond acceptors (Lipinski definition) is 2. The minimum Gasteiger partial charge on any atom is -0.338 e. The lowest BCUT2D eigenvalue weighted by atomic mass is 10.1. The lowest BCUT2D eigenvalue weighted by molar-refractivity contribution is 0.235. The molecule has 1 aromatic carbocycles. The van der Waals surface area contributed by atoms with E-state index in [-0.39, 0.29) is 12.1 Å². The van der Waals surface area contributed by atoms with E-state index in [0.29, 0.717) is 5.92 Å². The Morgan fingerprint density at radius 2 is 1.86 bits per heavy atom. The summed E-state index contributed by atoms with van der Waals surface area (Å²) in [6.45, 7) is 3.20. The molecule has 118 valence electrons. The van der Waals surface area contributed by atoms with Gasteiger partial charge in [0, 0.05) is 25.2 Å². The van der Waals surface area contributed by atoms with Gasteiger partial charge >= 0.3 is 6.03 Å². The summed E-state index contributed by atoms with van der Waals surface area (Å²) in [6, 6.07) is 9.60. The molecule has 22 heavy (non-hydrogen) atoms. The van der Waals surface area contributed by atoms with E-state index in [1.165, 1.54) is 43.5 Å². The number of rotatable bonds is 4. The fourth-order valence-electron chi connectivity index (χ4n) is 3.93. The van der Waals surface area contributed by atoms with Gasteiger partial charge in [0.25, 0.3) is 0 Å². The van der Waals surface area contributed by atoms with Crippen LogP contribution in [0.3, 0.4) is 0 Å². The van der Waals surface area contributed by atoms with E-state index >= 15 is 0 Å². The van der Waals surface area contributed by atoms with Crippen molar-refractivity contribution in [1.29, 1.82) is 0 Å². The summed E-state index contributed by atoms with van der Waals surface area (Å²) in [5, 5.41) is 6.21. The van der Waals surface area contributed by atoms with Crippen molar-refractivity contribution >= 4 is 6.03 Å². The van der Waals surface area contributed by atoms with Gasteiger partial charge in [0.15, 0.2) is 0 Å². The average Bonchev–Trinajstić information content (AvgIpc) is 3.11. The summed E-state index contributed by atoms with van der Waals surface area (Å²) in [5.74, 6) is 0.632. The summed E-state index contributed by atoms with van der Waals surface area (Å²) < 4.78 is 0. The second-order valence-electron chi connectivity index (χ2n) is 7.11. The Morgan fingerprint density at radius 1 is 1.14 bits per heavy atom. The number of urea groups is 1. The predicted molar refractivity (Wildman–Crippen MR) is 86.9 cm³/mol. The molecular weight excluding hydrogens is 274 g/mol. The van der Waals surface area contributed by atoms with Gasteiger partial charge < -0.3 is 15.5 Å². The SMILES string of the molecule is O=C(NC[C@@H]1CCN(C2CC2)C1)NC1Cc2ccccc2C1. The minimum atomic E-state index is 0.00248. The zero-order valence-electron chi connectivity index (χ0n) is 13.1.